The van der Waals surface area contributed by atoms with Crippen LogP contribution in [-0.4, -0.2) is 0 Å². The number of hydrogen-bond acceptors (Lipinski definition) is 0. The van der Waals surface area contributed by atoms with Gasteiger partial charge in [-0.05, 0) is 25.7 Å². The first-order valence-electron chi connectivity index (χ1n) is 3.32. The third-order valence-electron chi connectivity index (χ3n) is 1.37. The molecule has 1 aliphatic carbocycles. The third-order valence-corrected chi connectivity index (χ3v) is 1.37. The fraction of sp³-hybridized carbons (Fsp3) is 0.500. The fourth-order valence-corrected chi connectivity index (χ4v) is 0.874. The molecule has 0 nitrogen and oxygen atoms in total. The number of allylic oxidation sites excluding steroid dienone is 2. The van der Waals surface area contributed by atoms with Crippen LogP contribution in [0.25, 0.3) is 0 Å². The Kier molecular flexibility index (Phi) is 2.72. The summed E-state index contributed by atoms with van der Waals surface area (Å²) < 4.78 is 0. The normalized spacial score (nSPS) is 26.0. The molecule has 8 heavy (non-hydrogen) atoms. The minimum atomic E-state index is 1.27. The molecule has 0 heteroatoms. The van der Waals surface area contributed by atoms with Crippen molar-refractivity contribution in [1.29, 1.82) is 0 Å². The van der Waals surface area contributed by atoms with E-state index < -0.39 is 0 Å². The van der Waals surface area contributed by atoms with E-state index in [1.165, 1.54) is 25.7 Å². The van der Waals surface area contributed by atoms with Crippen LogP contribution in [0.15, 0.2) is 12.2 Å². The average Bonchev–Trinajstić information content (AvgIpc) is 1.62. The molecule has 2 radical (unpaired) electrons. The summed E-state index contributed by atoms with van der Waals surface area (Å²) in [4.78, 5) is 0. The molecule has 0 heterocycles. The average molecular weight is 108 g/mol. The van der Waals surface area contributed by atoms with Crippen molar-refractivity contribution in [3.05, 3.63) is 25.0 Å². The molecule has 0 amide bonds. The Hall–Kier alpha value is -0.260. The molecular weight excluding hydrogens is 96.1 g/mol. The molecule has 0 bridgehead atoms. The van der Waals surface area contributed by atoms with Gasteiger partial charge in [-0.25, -0.2) is 0 Å². The van der Waals surface area contributed by atoms with Crippen LogP contribution < -0.4 is 0 Å². The standard InChI is InChI=1S/C8H12/c1-2-4-6-8-7-5-3-1/h1-4H,5-8H2/b2-1+. The third kappa shape index (κ3) is 2.15. The molecule has 0 fully saturated rings. The molecule has 0 aliphatic heterocycles. The van der Waals surface area contributed by atoms with Crippen molar-refractivity contribution in [2.45, 2.75) is 25.7 Å². The predicted molar refractivity (Wildman–Crippen MR) is 36.2 cm³/mol. The lowest BCUT2D eigenvalue weighted by Crippen LogP contribution is -1.81. The number of rotatable bonds is 0. The smallest absolute Gasteiger partial charge is 0.0170 e. The largest absolute Gasteiger partial charge is 0.0845 e. The van der Waals surface area contributed by atoms with E-state index in [-0.39, 0.29) is 0 Å². The minimum absolute atomic E-state index is 1.27. The Morgan fingerprint density at radius 2 is 1.25 bits per heavy atom. The van der Waals surface area contributed by atoms with E-state index in [2.05, 4.69) is 25.0 Å². The lowest BCUT2D eigenvalue weighted by Gasteiger charge is -1.99. The maximum Gasteiger partial charge on any atom is -0.0170 e. The summed E-state index contributed by atoms with van der Waals surface area (Å²) in [5.41, 5.74) is 0. The van der Waals surface area contributed by atoms with Gasteiger partial charge in [0.2, 0.25) is 0 Å². The molecule has 44 valence electrons. The number of hydrogen-bond donors (Lipinski definition) is 0. The van der Waals surface area contributed by atoms with Crippen molar-refractivity contribution in [2.24, 2.45) is 0 Å². The fourth-order valence-electron chi connectivity index (χ4n) is 0.874. The van der Waals surface area contributed by atoms with Gasteiger partial charge in [-0.15, -0.1) is 0 Å². The lowest BCUT2D eigenvalue weighted by atomic mass is 10.1. The summed E-state index contributed by atoms with van der Waals surface area (Å²) in [5.74, 6) is 0. The van der Waals surface area contributed by atoms with Crippen LogP contribution in [0, 0.1) is 12.8 Å². The van der Waals surface area contributed by atoms with Crippen LogP contribution in [0.3, 0.4) is 0 Å². The second-order valence-corrected chi connectivity index (χ2v) is 2.14. The van der Waals surface area contributed by atoms with Crippen LogP contribution in [0.5, 0.6) is 0 Å². The van der Waals surface area contributed by atoms with Gasteiger partial charge < -0.3 is 0 Å². The molecule has 1 aliphatic rings. The molecule has 0 aromatic heterocycles. The first-order chi connectivity index (χ1) is 4.00. The van der Waals surface area contributed by atoms with E-state index >= 15 is 0 Å². The van der Waals surface area contributed by atoms with Crippen LogP contribution in [0.4, 0.5) is 0 Å². The van der Waals surface area contributed by atoms with Crippen LogP contribution in [0.2, 0.25) is 0 Å². The zero-order valence-corrected chi connectivity index (χ0v) is 5.14. The molecule has 0 aromatic carbocycles. The molecule has 0 N–H and O–H groups in total. The molecule has 1 rings (SSSR count). The van der Waals surface area contributed by atoms with Gasteiger partial charge in [-0.1, -0.05) is 25.0 Å². The first kappa shape index (κ1) is 5.87. The summed E-state index contributed by atoms with van der Waals surface area (Å²) >= 11 is 0. The van der Waals surface area contributed by atoms with Crippen LogP contribution in [0.1, 0.15) is 25.7 Å². The van der Waals surface area contributed by atoms with Gasteiger partial charge in [-0.3, -0.25) is 0 Å². The van der Waals surface area contributed by atoms with Crippen molar-refractivity contribution in [3.63, 3.8) is 0 Å². The predicted octanol–water partition coefficient (Wildman–Crippen LogP) is 2.53. The zero-order valence-electron chi connectivity index (χ0n) is 5.14. The maximum absolute atomic E-state index is 2.23. The van der Waals surface area contributed by atoms with Gasteiger partial charge in [0.25, 0.3) is 0 Å². The SMILES string of the molecule is [CH]1/C=C/[CH]CCCC1. The lowest BCUT2D eigenvalue weighted by molar-refractivity contribution is 0.726. The van der Waals surface area contributed by atoms with Crippen molar-refractivity contribution in [2.75, 3.05) is 0 Å². The Morgan fingerprint density at radius 1 is 0.750 bits per heavy atom. The van der Waals surface area contributed by atoms with E-state index in [1.807, 2.05) is 0 Å². The Labute approximate surface area is 51.6 Å². The highest BCUT2D eigenvalue weighted by Crippen LogP contribution is 2.08. The zero-order chi connectivity index (χ0) is 5.66. The first-order valence-corrected chi connectivity index (χ1v) is 3.32. The highest BCUT2D eigenvalue weighted by Gasteiger charge is 1.90. The second kappa shape index (κ2) is 3.71. The quantitative estimate of drug-likeness (QED) is 0.447. The molecule has 0 atom stereocenters. The molecule has 0 saturated heterocycles. The van der Waals surface area contributed by atoms with E-state index in [0.717, 1.165) is 0 Å². The Bertz CT molecular complexity index is 62.1. The molecule has 0 saturated carbocycles. The highest BCUT2D eigenvalue weighted by molar-refractivity contribution is 5.03. The minimum Gasteiger partial charge on any atom is -0.0845 e. The van der Waals surface area contributed by atoms with Crippen molar-refractivity contribution in [1.82, 2.24) is 0 Å². The summed E-state index contributed by atoms with van der Waals surface area (Å²) in [6.45, 7) is 0. The van der Waals surface area contributed by atoms with Crippen LogP contribution in [-0.2, 0) is 0 Å². The van der Waals surface area contributed by atoms with E-state index in [1.54, 1.807) is 0 Å². The van der Waals surface area contributed by atoms with E-state index in [9.17, 15) is 0 Å². The Morgan fingerprint density at radius 3 is 1.75 bits per heavy atom. The van der Waals surface area contributed by atoms with Gasteiger partial charge >= 0.3 is 0 Å². The van der Waals surface area contributed by atoms with Gasteiger partial charge in [0.15, 0.2) is 0 Å². The highest BCUT2D eigenvalue weighted by atomic mass is 14.0. The summed E-state index contributed by atoms with van der Waals surface area (Å²) in [5, 5.41) is 0. The van der Waals surface area contributed by atoms with Crippen molar-refractivity contribution < 1.29 is 0 Å². The summed E-state index contributed by atoms with van der Waals surface area (Å²) in [6.07, 6.45) is 14.0. The van der Waals surface area contributed by atoms with Crippen molar-refractivity contribution >= 4 is 0 Å². The second-order valence-electron chi connectivity index (χ2n) is 2.14. The molecular formula is C8H12. The maximum atomic E-state index is 2.23. The Balaban J connectivity index is 2.17. The van der Waals surface area contributed by atoms with E-state index in [0.29, 0.717) is 0 Å². The van der Waals surface area contributed by atoms with Crippen molar-refractivity contribution in [3.8, 4) is 0 Å². The van der Waals surface area contributed by atoms with Gasteiger partial charge in [0.1, 0.15) is 0 Å². The summed E-state index contributed by atoms with van der Waals surface area (Å²) in [6, 6.07) is 0. The summed E-state index contributed by atoms with van der Waals surface area (Å²) in [7, 11) is 0. The molecule has 0 aromatic rings. The van der Waals surface area contributed by atoms with E-state index in [4.69, 9.17) is 0 Å². The van der Waals surface area contributed by atoms with Crippen LogP contribution >= 0.6 is 0 Å². The van der Waals surface area contributed by atoms with Gasteiger partial charge in [0, 0.05) is 0 Å². The molecule has 0 spiro atoms. The van der Waals surface area contributed by atoms with Gasteiger partial charge in [0.05, 0.1) is 0 Å². The van der Waals surface area contributed by atoms with Gasteiger partial charge in [-0.2, -0.15) is 0 Å². The topological polar surface area (TPSA) is 0 Å². The molecule has 0 unspecified atom stereocenters. The monoisotopic (exact) mass is 108 g/mol.